The van der Waals surface area contributed by atoms with E-state index in [2.05, 4.69) is 4.98 Å². The van der Waals surface area contributed by atoms with Crippen molar-refractivity contribution in [2.75, 3.05) is 6.61 Å². The van der Waals surface area contributed by atoms with Gasteiger partial charge in [0.05, 0.1) is 23.0 Å². The highest BCUT2D eigenvalue weighted by Gasteiger charge is 2.45. The van der Waals surface area contributed by atoms with Gasteiger partial charge in [0.15, 0.2) is 0 Å². The van der Waals surface area contributed by atoms with Crippen molar-refractivity contribution in [3.8, 4) is 0 Å². The summed E-state index contributed by atoms with van der Waals surface area (Å²) < 4.78 is 19.1. The normalized spacial score (nSPS) is 28.4. The van der Waals surface area contributed by atoms with Gasteiger partial charge in [-0.25, -0.2) is 4.39 Å². The van der Waals surface area contributed by atoms with Crippen LogP contribution in [0, 0.1) is 11.7 Å². The molecule has 0 radical (unpaired) electrons. The van der Waals surface area contributed by atoms with Crippen LogP contribution in [-0.2, 0) is 10.3 Å². The number of rotatable bonds is 2. The Morgan fingerprint density at radius 2 is 2.15 bits per heavy atom. The van der Waals surface area contributed by atoms with E-state index in [1.54, 1.807) is 6.07 Å². The van der Waals surface area contributed by atoms with E-state index in [1.165, 1.54) is 25.1 Å². The molecular formula is C16H23FN2O. The molecule has 1 aliphatic carbocycles. The van der Waals surface area contributed by atoms with Crippen LogP contribution in [0.5, 0.6) is 0 Å². The molecule has 1 saturated carbocycles. The number of halogens is 1. The second-order valence-electron chi connectivity index (χ2n) is 6.57. The summed E-state index contributed by atoms with van der Waals surface area (Å²) in [5, 5.41) is 0. The van der Waals surface area contributed by atoms with Gasteiger partial charge in [0.1, 0.15) is 5.82 Å². The Bertz CT molecular complexity index is 466. The number of hydrogen-bond acceptors (Lipinski definition) is 3. The molecule has 2 N–H and O–H groups in total. The molecule has 0 amide bonds. The molecule has 2 fully saturated rings. The highest BCUT2D eigenvalue weighted by Crippen LogP contribution is 2.46. The van der Waals surface area contributed by atoms with Crippen molar-refractivity contribution in [3.63, 3.8) is 0 Å². The molecule has 3 nitrogen and oxygen atoms in total. The lowest BCUT2D eigenvalue weighted by Crippen LogP contribution is -2.49. The molecule has 3 rings (SSSR count). The van der Waals surface area contributed by atoms with E-state index in [1.807, 2.05) is 6.92 Å². The molecular weight excluding hydrogens is 255 g/mol. The lowest BCUT2D eigenvalue weighted by atomic mass is 9.73. The third-order valence-corrected chi connectivity index (χ3v) is 5.14. The van der Waals surface area contributed by atoms with Crippen LogP contribution in [-0.4, -0.2) is 17.2 Å². The Labute approximate surface area is 119 Å². The predicted molar refractivity (Wildman–Crippen MR) is 75.6 cm³/mol. The number of nitrogens with two attached hydrogens (primary N) is 1. The summed E-state index contributed by atoms with van der Waals surface area (Å²) >= 11 is 0. The van der Waals surface area contributed by atoms with Crippen LogP contribution in [0.25, 0.3) is 0 Å². The van der Waals surface area contributed by atoms with Crippen LogP contribution in [0.2, 0.25) is 0 Å². The van der Waals surface area contributed by atoms with Gasteiger partial charge in [0, 0.05) is 6.61 Å². The third kappa shape index (κ3) is 2.47. The summed E-state index contributed by atoms with van der Waals surface area (Å²) in [6, 6.07) is 3.16. The molecule has 20 heavy (non-hydrogen) atoms. The number of ether oxygens (including phenoxy) is 1. The molecule has 0 bridgehead atoms. The summed E-state index contributed by atoms with van der Waals surface area (Å²) in [5.74, 6) is 0.0242. The second kappa shape index (κ2) is 5.08. The largest absolute Gasteiger partial charge is 0.375 e. The van der Waals surface area contributed by atoms with Gasteiger partial charge in [0.2, 0.25) is 0 Å². The fraction of sp³-hybridized carbons (Fsp3) is 0.688. The van der Waals surface area contributed by atoms with Crippen LogP contribution in [0.4, 0.5) is 4.39 Å². The lowest BCUT2D eigenvalue weighted by molar-refractivity contribution is -0.104. The van der Waals surface area contributed by atoms with Crippen LogP contribution >= 0.6 is 0 Å². The summed E-state index contributed by atoms with van der Waals surface area (Å²) in [7, 11) is 0. The van der Waals surface area contributed by atoms with E-state index in [0.29, 0.717) is 5.92 Å². The van der Waals surface area contributed by atoms with Crippen molar-refractivity contribution in [2.45, 2.75) is 56.6 Å². The minimum atomic E-state index is -0.521. The van der Waals surface area contributed by atoms with Gasteiger partial charge >= 0.3 is 0 Å². The minimum absolute atomic E-state index is 0.0452. The van der Waals surface area contributed by atoms with Crippen molar-refractivity contribution in [3.05, 3.63) is 29.8 Å². The van der Waals surface area contributed by atoms with Gasteiger partial charge in [-0.1, -0.05) is 12.8 Å². The van der Waals surface area contributed by atoms with E-state index in [-0.39, 0.29) is 11.4 Å². The molecule has 2 unspecified atom stereocenters. The number of aromatic nitrogens is 1. The van der Waals surface area contributed by atoms with Gasteiger partial charge < -0.3 is 10.5 Å². The van der Waals surface area contributed by atoms with Crippen LogP contribution in [0.1, 0.15) is 51.1 Å². The van der Waals surface area contributed by atoms with Crippen LogP contribution in [0.3, 0.4) is 0 Å². The topological polar surface area (TPSA) is 48.1 Å². The average molecular weight is 278 g/mol. The summed E-state index contributed by atoms with van der Waals surface area (Å²) in [5.41, 5.74) is 6.87. The first-order valence-electron chi connectivity index (χ1n) is 7.57. The fourth-order valence-electron chi connectivity index (χ4n) is 3.81. The van der Waals surface area contributed by atoms with Crippen LogP contribution < -0.4 is 5.73 Å². The third-order valence-electron chi connectivity index (χ3n) is 5.14. The molecule has 1 spiro atoms. The molecule has 0 aromatic carbocycles. The zero-order valence-electron chi connectivity index (χ0n) is 12.1. The standard InChI is InChI=1S/C16H23FN2O/c1-15(18,14-5-4-13(17)11-19-14)12-6-9-20-16(10-12)7-2-3-8-16/h4-5,11-12H,2-3,6-10,18H2,1H3. The van der Waals surface area contributed by atoms with Crippen molar-refractivity contribution >= 4 is 0 Å². The molecule has 1 aromatic heterocycles. The van der Waals surface area contributed by atoms with E-state index in [4.69, 9.17) is 10.5 Å². The van der Waals surface area contributed by atoms with Gasteiger partial charge in [-0.2, -0.15) is 0 Å². The lowest BCUT2D eigenvalue weighted by Gasteiger charge is -2.44. The van der Waals surface area contributed by atoms with Gasteiger partial charge in [-0.3, -0.25) is 4.98 Å². The van der Waals surface area contributed by atoms with Crippen molar-refractivity contribution < 1.29 is 9.13 Å². The number of pyridine rings is 1. The van der Waals surface area contributed by atoms with E-state index >= 15 is 0 Å². The first-order chi connectivity index (χ1) is 9.52. The van der Waals surface area contributed by atoms with Gasteiger partial charge in [-0.15, -0.1) is 0 Å². The SMILES string of the molecule is CC(N)(c1ccc(F)cn1)C1CCOC2(CCCC2)C1. The molecule has 110 valence electrons. The Kier molecular flexibility index (Phi) is 3.55. The van der Waals surface area contributed by atoms with Gasteiger partial charge in [-0.05, 0) is 50.7 Å². The zero-order valence-corrected chi connectivity index (χ0v) is 12.1. The Hall–Kier alpha value is -1.00. The monoisotopic (exact) mass is 278 g/mol. The first kappa shape index (κ1) is 14.0. The zero-order chi connectivity index (χ0) is 14.2. The quantitative estimate of drug-likeness (QED) is 0.904. The molecule has 1 saturated heterocycles. The number of hydrogen-bond donors (Lipinski definition) is 1. The minimum Gasteiger partial charge on any atom is -0.375 e. The maximum atomic E-state index is 13.0. The summed E-state index contributed by atoms with van der Waals surface area (Å²) in [6.07, 6.45) is 8.01. The first-order valence-corrected chi connectivity index (χ1v) is 7.57. The number of nitrogens with zero attached hydrogens (tertiary/aromatic N) is 1. The molecule has 1 aliphatic heterocycles. The molecule has 2 atom stereocenters. The van der Waals surface area contributed by atoms with Crippen LogP contribution in [0.15, 0.2) is 18.3 Å². The Balaban J connectivity index is 1.81. The van der Waals surface area contributed by atoms with Gasteiger partial charge in [0.25, 0.3) is 0 Å². The average Bonchev–Trinajstić information content (AvgIpc) is 2.87. The second-order valence-corrected chi connectivity index (χ2v) is 6.57. The highest BCUT2D eigenvalue weighted by atomic mass is 19.1. The highest BCUT2D eigenvalue weighted by molar-refractivity contribution is 5.17. The Morgan fingerprint density at radius 1 is 1.40 bits per heavy atom. The maximum absolute atomic E-state index is 13.0. The summed E-state index contributed by atoms with van der Waals surface area (Å²) in [6.45, 7) is 2.80. The molecule has 1 aromatic rings. The van der Waals surface area contributed by atoms with E-state index in [0.717, 1.165) is 38.0 Å². The van der Waals surface area contributed by atoms with Crippen molar-refractivity contribution in [2.24, 2.45) is 11.7 Å². The predicted octanol–water partition coefficient (Wildman–Crippen LogP) is 3.13. The van der Waals surface area contributed by atoms with E-state index < -0.39 is 5.54 Å². The molecule has 2 aliphatic rings. The van der Waals surface area contributed by atoms with Crippen molar-refractivity contribution in [1.29, 1.82) is 0 Å². The summed E-state index contributed by atoms with van der Waals surface area (Å²) in [4.78, 5) is 4.20. The molecule has 4 heteroatoms. The van der Waals surface area contributed by atoms with E-state index in [9.17, 15) is 4.39 Å². The molecule has 2 heterocycles. The maximum Gasteiger partial charge on any atom is 0.141 e. The van der Waals surface area contributed by atoms with Crippen molar-refractivity contribution in [1.82, 2.24) is 4.98 Å². The Morgan fingerprint density at radius 3 is 2.80 bits per heavy atom. The fourth-order valence-corrected chi connectivity index (χ4v) is 3.81. The smallest absolute Gasteiger partial charge is 0.141 e.